The van der Waals surface area contributed by atoms with Crippen LogP contribution in [0.3, 0.4) is 0 Å². The molecule has 3 heterocycles. The van der Waals surface area contributed by atoms with Crippen LogP contribution < -0.4 is 19.2 Å². The third-order valence-electron chi connectivity index (χ3n) is 5.53. The van der Waals surface area contributed by atoms with Gasteiger partial charge in [0.05, 0.1) is 28.2 Å². The fourth-order valence-electron chi connectivity index (χ4n) is 3.65. The van der Waals surface area contributed by atoms with E-state index >= 15 is 0 Å². The molecule has 2 N–H and O–H groups in total. The zero-order chi connectivity index (χ0) is 24.3. The van der Waals surface area contributed by atoms with Crippen LogP contribution >= 0.6 is 36.2 Å². The summed E-state index contributed by atoms with van der Waals surface area (Å²) in [5.41, 5.74) is 1.98. The van der Waals surface area contributed by atoms with Gasteiger partial charge in [-0.05, 0) is 55.4 Å². The van der Waals surface area contributed by atoms with Crippen LogP contribution in [-0.4, -0.2) is 61.3 Å². The summed E-state index contributed by atoms with van der Waals surface area (Å²) in [6, 6.07) is 13.8. The first-order valence-corrected chi connectivity index (χ1v) is 14.9. The Morgan fingerprint density at radius 1 is 1.03 bits per heavy atom. The van der Waals surface area contributed by atoms with Crippen molar-refractivity contribution in [2.75, 3.05) is 53.4 Å². The highest BCUT2D eigenvalue weighted by atomic mass is 35.5. The lowest BCUT2D eigenvalue weighted by atomic mass is 10.2. The molecule has 1 fully saturated rings. The molecule has 3 aromatic rings. The van der Waals surface area contributed by atoms with Gasteiger partial charge < -0.3 is 10.2 Å². The zero-order valence-electron chi connectivity index (χ0n) is 19.7. The fraction of sp³-hybridized carbons (Fsp3) is 0.318. The summed E-state index contributed by atoms with van der Waals surface area (Å²) in [7, 11) is -6.16. The molecule has 0 aliphatic carbocycles. The third kappa shape index (κ3) is 7.02. The van der Waals surface area contributed by atoms with E-state index in [1.165, 1.54) is 13.1 Å². The lowest BCUT2D eigenvalue weighted by Crippen LogP contribution is -2.29. The van der Waals surface area contributed by atoms with E-state index in [0.29, 0.717) is 5.69 Å². The van der Waals surface area contributed by atoms with Crippen LogP contribution in [0.1, 0.15) is 6.42 Å². The van der Waals surface area contributed by atoms with Crippen LogP contribution in [0.4, 0.5) is 17.1 Å². The van der Waals surface area contributed by atoms with Crippen LogP contribution in [-0.2, 0) is 20.0 Å². The maximum atomic E-state index is 13.2. The maximum Gasteiger partial charge on any atom is 0.271 e. The Morgan fingerprint density at radius 2 is 1.81 bits per heavy atom. The molecular weight excluding hydrogens is 565 g/mol. The zero-order valence-corrected chi connectivity index (χ0v) is 23.8. The van der Waals surface area contributed by atoms with Crippen molar-refractivity contribution < 1.29 is 16.8 Å². The van der Waals surface area contributed by atoms with Gasteiger partial charge in [-0.15, -0.1) is 36.2 Å². The Labute approximate surface area is 228 Å². The number of nitrogens with one attached hydrogen (secondary N) is 2. The first-order valence-electron chi connectivity index (χ1n) is 10.7. The highest BCUT2D eigenvalue weighted by molar-refractivity contribution is 7.94. The van der Waals surface area contributed by atoms with Gasteiger partial charge in [-0.1, -0.05) is 6.07 Å². The quantitative estimate of drug-likeness (QED) is 0.430. The summed E-state index contributed by atoms with van der Waals surface area (Å²) in [5, 5.41) is 3.34. The number of anilines is 3. The second-order valence-corrected chi connectivity index (χ2v) is 13.0. The molecule has 0 amide bonds. The van der Waals surface area contributed by atoms with Crippen molar-refractivity contribution in [1.82, 2.24) is 10.3 Å². The van der Waals surface area contributed by atoms with Gasteiger partial charge in [0, 0.05) is 38.6 Å². The highest BCUT2D eigenvalue weighted by Gasteiger charge is 2.24. The SMILES string of the molecule is CN(c1cc(N2CCCNCC2)ccc1NS(=O)(=O)c1ccc(-c2ccccn2)s1)S(C)(=O)=O.Cl.Cl. The molecule has 198 valence electrons. The Balaban J connectivity index is 0.00000228. The summed E-state index contributed by atoms with van der Waals surface area (Å²) in [4.78, 5) is 7.15. The molecule has 36 heavy (non-hydrogen) atoms. The van der Waals surface area contributed by atoms with Crippen molar-refractivity contribution in [3.8, 4) is 10.6 Å². The van der Waals surface area contributed by atoms with E-state index in [4.69, 9.17) is 0 Å². The standard InChI is InChI=1S/C22H27N5O4S3.2ClH/c1-26(33(2,28)29)20-16-17(27-14-5-11-23-13-15-27)7-8-18(20)25-34(30,31)22-10-9-21(32-22)19-6-3-4-12-24-19;;/h3-4,6-10,12,16,23,25H,5,11,13-15H2,1-2H3;2*1H. The predicted octanol–water partition coefficient (Wildman–Crippen LogP) is 3.65. The van der Waals surface area contributed by atoms with E-state index in [1.54, 1.807) is 30.5 Å². The number of nitrogens with zero attached hydrogens (tertiary/aromatic N) is 3. The number of aromatic nitrogens is 1. The molecule has 0 unspecified atom stereocenters. The minimum absolute atomic E-state index is 0. The highest BCUT2D eigenvalue weighted by Crippen LogP contribution is 2.35. The molecule has 14 heteroatoms. The van der Waals surface area contributed by atoms with Gasteiger partial charge in [-0.2, -0.15) is 0 Å². The van der Waals surface area contributed by atoms with E-state index in [0.717, 1.165) is 65.1 Å². The number of benzene rings is 1. The second-order valence-electron chi connectivity index (χ2n) is 7.96. The largest absolute Gasteiger partial charge is 0.370 e. The Morgan fingerprint density at radius 3 is 2.50 bits per heavy atom. The number of pyridine rings is 1. The van der Waals surface area contributed by atoms with E-state index in [-0.39, 0.29) is 40.4 Å². The molecule has 9 nitrogen and oxygen atoms in total. The fourth-order valence-corrected chi connectivity index (χ4v) is 6.52. The molecule has 1 aromatic carbocycles. The average molecular weight is 595 g/mol. The van der Waals surface area contributed by atoms with E-state index in [9.17, 15) is 16.8 Å². The predicted molar refractivity (Wildman–Crippen MR) is 152 cm³/mol. The van der Waals surface area contributed by atoms with Gasteiger partial charge >= 0.3 is 0 Å². The Hall–Kier alpha value is -2.09. The molecule has 0 atom stereocenters. The smallest absolute Gasteiger partial charge is 0.271 e. The average Bonchev–Trinajstić information content (AvgIpc) is 3.16. The van der Waals surface area contributed by atoms with Gasteiger partial charge in [-0.3, -0.25) is 14.0 Å². The number of hydrogen-bond acceptors (Lipinski definition) is 8. The van der Waals surface area contributed by atoms with Crippen molar-refractivity contribution in [1.29, 1.82) is 0 Å². The monoisotopic (exact) mass is 593 g/mol. The number of sulfonamides is 2. The molecule has 1 aliphatic rings. The first kappa shape index (κ1) is 30.1. The number of thiophene rings is 1. The summed E-state index contributed by atoms with van der Waals surface area (Å²) < 4.78 is 54.9. The Bertz CT molecular complexity index is 1360. The van der Waals surface area contributed by atoms with Crippen LogP contribution in [0.5, 0.6) is 0 Å². The van der Waals surface area contributed by atoms with Gasteiger partial charge in [0.1, 0.15) is 4.21 Å². The molecule has 0 saturated carbocycles. The van der Waals surface area contributed by atoms with Gasteiger partial charge in [0.25, 0.3) is 10.0 Å². The molecule has 2 aromatic heterocycles. The molecule has 4 rings (SSSR count). The molecular formula is C22H29Cl2N5O4S3. The topological polar surface area (TPSA) is 112 Å². The van der Waals surface area contributed by atoms with Crippen LogP contribution in [0, 0.1) is 0 Å². The number of hydrogen-bond donors (Lipinski definition) is 2. The van der Waals surface area contributed by atoms with Gasteiger partial charge in [0.15, 0.2) is 0 Å². The molecule has 0 spiro atoms. The summed E-state index contributed by atoms with van der Waals surface area (Å²) in [6.07, 6.45) is 3.70. The van der Waals surface area contributed by atoms with Crippen LogP contribution in [0.2, 0.25) is 0 Å². The number of rotatable bonds is 7. The lowest BCUT2D eigenvalue weighted by molar-refractivity contribution is 0.598. The summed E-state index contributed by atoms with van der Waals surface area (Å²) in [5.74, 6) is 0. The minimum Gasteiger partial charge on any atom is -0.370 e. The van der Waals surface area contributed by atoms with Crippen molar-refractivity contribution in [2.45, 2.75) is 10.6 Å². The minimum atomic E-state index is -3.95. The van der Waals surface area contributed by atoms with Crippen molar-refractivity contribution in [3.05, 3.63) is 54.7 Å². The van der Waals surface area contributed by atoms with Crippen molar-refractivity contribution in [3.63, 3.8) is 0 Å². The van der Waals surface area contributed by atoms with E-state index in [2.05, 4.69) is 19.9 Å². The van der Waals surface area contributed by atoms with Crippen LogP contribution in [0.25, 0.3) is 10.6 Å². The van der Waals surface area contributed by atoms with Crippen molar-refractivity contribution in [2.24, 2.45) is 0 Å². The Kier molecular flexibility index (Phi) is 10.4. The third-order valence-corrected chi connectivity index (χ3v) is 9.69. The normalized spacial score (nSPS) is 14.2. The van der Waals surface area contributed by atoms with E-state index in [1.807, 2.05) is 18.2 Å². The van der Waals surface area contributed by atoms with E-state index < -0.39 is 20.0 Å². The molecule has 0 radical (unpaired) electrons. The first-order chi connectivity index (χ1) is 16.1. The maximum absolute atomic E-state index is 13.2. The van der Waals surface area contributed by atoms with Crippen molar-refractivity contribution >= 4 is 73.3 Å². The summed E-state index contributed by atoms with van der Waals surface area (Å²) in [6.45, 7) is 3.35. The van der Waals surface area contributed by atoms with Gasteiger partial charge in [-0.25, -0.2) is 16.8 Å². The van der Waals surface area contributed by atoms with Gasteiger partial charge in [0.2, 0.25) is 10.0 Å². The molecule has 0 bridgehead atoms. The lowest BCUT2D eigenvalue weighted by Gasteiger charge is -2.26. The number of halogens is 2. The second kappa shape index (κ2) is 12.4. The summed E-state index contributed by atoms with van der Waals surface area (Å²) >= 11 is 1.10. The molecule has 1 aliphatic heterocycles. The van der Waals surface area contributed by atoms with Crippen LogP contribution in [0.15, 0.2) is 58.9 Å². The molecule has 1 saturated heterocycles.